The lowest BCUT2D eigenvalue weighted by Crippen LogP contribution is -2.49. The van der Waals surface area contributed by atoms with Crippen molar-refractivity contribution in [2.75, 3.05) is 26.6 Å². The molecule has 0 spiro atoms. The quantitative estimate of drug-likeness (QED) is 0.280. The molecule has 2 aromatic rings. The van der Waals surface area contributed by atoms with Gasteiger partial charge in [-0.05, 0) is 60.5 Å². The van der Waals surface area contributed by atoms with E-state index in [1.54, 1.807) is 39.5 Å². The van der Waals surface area contributed by atoms with E-state index >= 15 is 0 Å². The van der Waals surface area contributed by atoms with Crippen LogP contribution >= 0.6 is 12.2 Å². The van der Waals surface area contributed by atoms with Crippen LogP contribution < -0.4 is 30.2 Å². The predicted octanol–water partition coefficient (Wildman–Crippen LogP) is 4.20. The van der Waals surface area contributed by atoms with Gasteiger partial charge in [0.05, 0.1) is 21.3 Å². The fourth-order valence-electron chi connectivity index (χ4n) is 3.06. The van der Waals surface area contributed by atoms with Gasteiger partial charge in [-0.1, -0.05) is 32.0 Å². The number of benzene rings is 2. The highest BCUT2D eigenvalue weighted by Crippen LogP contribution is 2.38. The zero-order valence-corrected chi connectivity index (χ0v) is 19.9. The van der Waals surface area contributed by atoms with Crippen molar-refractivity contribution in [2.45, 2.75) is 26.4 Å². The molecule has 0 aliphatic carbocycles. The summed E-state index contributed by atoms with van der Waals surface area (Å²) in [4.78, 5) is 12.6. The lowest BCUT2D eigenvalue weighted by molar-refractivity contribution is -0.117. The maximum atomic E-state index is 12.6. The highest BCUT2D eigenvalue weighted by atomic mass is 32.1. The summed E-state index contributed by atoms with van der Waals surface area (Å²) < 4.78 is 16.0. The van der Waals surface area contributed by atoms with E-state index in [1.165, 1.54) is 6.08 Å². The Bertz CT molecular complexity index is 907. The SMILES string of the molecule is COc1cc(/C=C/C(=O)NC(CC(C)C)NC(=S)Nc2ccccc2)cc(OC)c1OC. The van der Waals surface area contributed by atoms with Gasteiger partial charge in [-0.15, -0.1) is 0 Å². The molecular formula is C24H31N3O4S. The molecule has 32 heavy (non-hydrogen) atoms. The minimum absolute atomic E-state index is 0.251. The van der Waals surface area contributed by atoms with Crippen molar-refractivity contribution >= 4 is 35.0 Å². The second kappa shape index (κ2) is 12.6. The van der Waals surface area contributed by atoms with Gasteiger partial charge in [0.2, 0.25) is 11.7 Å². The highest BCUT2D eigenvalue weighted by molar-refractivity contribution is 7.80. The van der Waals surface area contributed by atoms with Crippen LogP contribution in [0.3, 0.4) is 0 Å². The molecule has 1 amide bonds. The summed E-state index contributed by atoms with van der Waals surface area (Å²) in [7, 11) is 4.64. The molecule has 1 atom stereocenters. The third kappa shape index (κ3) is 7.77. The van der Waals surface area contributed by atoms with E-state index in [0.29, 0.717) is 34.7 Å². The molecule has 0 aliphatic rings. The number of thiocarbonyl (C=S) groups is 1. The van der Waals surface area contributed by atoms with Crippen LogP contribution in [0.4, 0.5) is 5.69 Å². The first kappa shape index (κ1) is 25.0. The molecule has 2 rings (SSSR count). The number of anilines is 1. The highest BCUT2D eigenvalue weighted by Gasteiger charge is 2.15. The zero-order valence-electron chi connectivity index (χ0n) is 19.1. The summed E-state index contributed by atoms with van der Waals surface area (Å²) in [5.41, 5.74) is 1.62. The average molecular weight is 458 g/mol. The zero-order chi connectivity index (χ0) is 23.5. The Balaban J connectivity index is 2.06. The van der Waals surface area contributed by atoms with E-state index < -0.39 is 0 Å². The minimum atomic E-state index is -0.323. The molecule has 0 saturated heterocycles. The van der Waals surface area contributed by atoms with E-state index in [1.807, 2.05) is 30.3 Å². The summed E-state index contributed by atoms with van der Waals surface area (Å²) in [6.45, 7) is 4.17. The van der Waals surface area contributed by atoms with Crippen LogP contribution in [0.15, 0.2) is 48.5 Å². The molecular weight excluding hydrogens is 426 g/mol. The predicted molar refractivity (Wildman–Crippen MR) is 132 cm³/mol. The number of carbonyl (C=O) groups excluding carboxylic acids is 1. The van der Waals surface area contributed by atoms with Crippen molar-refractivity contribution in [3.05, 3.63) is 54.1 Å². The Morgan fingerprint density at radius 2 is 1.62 bits per heavy atom. The van der Waals surface area contributed by atoms with Crippen LogP contribution in [0.5, 0.6) is 17.2 Å². The Labute approximate surface area is 195 Å². The van der Waals surface area contributed by atoms with Gasteiger partial charge in [0, 0.05) is 11.8 Å². The second-order valence-electron chi connectivity index (χ2n) is 7.45. The lowest BCUT2D eigenvalue weighted by atomic mass is 10.1. The molecule has 3 N–H and O–H groups in total. The van der Waals surface area contributed by atoms with Crippen LogP contribution in [0.2, 0.25) is 0 Å². The fraction of sp³-hybridized carbons (Fsp3) is 0.333. The number of hydrogen-bond donors (Lipinski definition) is 3. The molecule has 0 radical (unpaired) electrons. The van der Waals surface area contributed by atoms with Crippen molar-refractivity contribution in [3.8, 4) is 17.2 Å². The Kier molecular flexibility index (Phi) is 9.81. The number of hydrogen-bond acceptors (Lipinski definition) is 5. The number of amides is 1. The summed E-state index contributed by atoms with van der Waals surface area (Å²) in [5, 5.41) is 9.70. The summed E-state index contributed by atoms with van der Waals surface area (Å²) in [6, 6.07) is 13.2. The van der Waals surface area contributed by atoms with Crippen molar-refractivity contribution in [1.29, 1.82) is 0 Å². The molecule has 172 valence electrons. The maximum absolute atomic E-state index is 12.6. The first-order valence-electron chi connectivity index (χ1n) is 10.3. The molecule has 1 unspecified atom stereocenters. The van der Waals surface area contributed by atoms with Crippen molar-refractivity contribution < 1.29 is 19.0 Å². The molecule has 8 heteroatoms. The van der Waals surface area contributed by atoms with E-state index in [0.717, 1.165) is 11.3 Å². The van der Waals surface area contributed by atoms with Crippen LogP contribution in [0, 0.1) is 5.92 Å². The third-order valence-electron chi connectivity index (χ3n) is 4.47. The van der Waals surface area contributed by atoms with Gasteiger partial charge in [-0.2, -0.15) is 0 Å². The average Bonchev–Trinajstić information content (AvgIpc) is 2.76. The Morgan fingerprint density at radius 3 is 2.16 bits per heavy atom. The number of nitrogens with one attached hydrogen (secondary N) is 3. The van der Waals surface area contributed by atoms with Crippen LogP contribution in [0.25, 0.3) is 6.08 Å². The number of carbonyl (C=O) groups is 1. The first-order valence-corrected chi connectivity index (χ1v) is 10.7. The first-order chi connectivity index (χ1) is 15.4. The topological polar surface area (TPSA) is 80.9 Å². The van der Waals surface area contributed by atoms with E-state index in [-0.39, 0.29) is 12.1 Å². The third-order valence-corrected chi connectivity index (χ3v) is 4.69. The molecule has 0 bridgehead atoms. The van der Waals surface area contributed by atoms with Crippen molar-refractivity contribution in [3.63, 3.8) is 0 Å². The molecule has 0 saturated carbocycles. The Morgan fingerprint density at radius 1 is 1.00 bits per heavy atom. The van der Waals surface area contributed by atoms with Crippen LogP contribution in [-0.2, 0) is 4.79 Å². The molecule has 0 aliphatic heterocycles. The van der Waals surface area contributed by atoms with Gasteiger partial charge in [-0.3, -0.25) is 4.79 Å². The van der Waals surface area contributed by atoms with Gasteiger partial charge in [-0.25, -0.2) is 0 Å². The summed E-state index contributed by atoms with van der Waals surface area (Å²) in [6.07, 6.45) is 3.53. The summed E-state index contributed by atoms with van der Waals surface area (Å²) in [5.74, 6) is 1.63. The number of rotatable bonds is 10. The molecule has 0 fully saturated rings. The van der Waals surface area contributed by atoms with Crippen molar-refractivity contribution in [1.82, 2.24) is 10.6 Å². The number of ether oxygens (including phenoxy) is 3. The maximum Gasteiger partial charge on any atom is 0.245 e. The number of methoxy groups -OCH3 is 3. The van der Waals surface area contributed by atoms with Crippen LogP contribution in [-0.4, -0.2) is 38.5 Å². The molecule has 0 heterocycles. The van der Waals surface area contributed by atoms with E-state index in [4.69, 9.17) is 26.4 Å². The van der Waals surface area contributed by atoms with Gasteiger partial charge in [0.1, 0.15) is 6.17 Å². The molecule has 0 aromatic heterocycles. The van der Waals surface area contributed by atoms with E-state index in [9.17, 15) is 4.79 Å². The Hall–Kier alpha value is -3.26. The number of para-hydroxylation sites is 1. The van der Waals surface area contributed by atoms with Gasteiger partial charge in [0.15, 0.2) is 16.6 Å². The monoisotopic (exact) mass is 457 g/mol. The summed E-state index contributed by atoms with van der Waals surface area (Å²) >= 11 is 5.41. The van der Waals surface area contributed by atoms with Crippen molar-refractivity contribution in [2.24, 2.45) is 5.92 Å². The molecule has 2 aromatic carbocycles. The van der Waals surface area contributed by atoms with Gasteiger partial charge < -0.3 is 30.2 Å². The van der Waals surface area contributed by atoms with Gasteiger partial charge >= 0.3 is 0 Å². The normalized spacial score (nSPS) is 11.7. The van der Waals surface area contributed by atoms with E-state index in [2.05, 4.69) is 29.8 Å². The lowest BCUT2D eigenvalue weighted by Gasteiger charge is -2.23. The molecule has 7 nitrogen and oxygen atoms in total. The minimum Gasteiger partial charge on any atom is -0.493 e. The smallest absolute Gasteiger partial charge is 0.245 e. The van der Waals surface area contributed by atoms with Crippen LogP contribution in [0.1, 0.15) is 25.8 Å². The standard InChI is InChI=1S/C24H31N3O4S/c1-16(2)13-21(27-24(32)25-18-9-7-6-8-10-18)26-22(28)12-11-17-14-19(29-3)23(31-5)20(15-17)30-4/h6-12,14-16,21H,13H2,1-5H3,(H,26,28)(H2,25,27,32)/b12-11+. The fourth-order valence-corrected chi connectivity index (χ4v) is 3.32. The largest absolute Gasteiger partial charge is 0.493 e. The second-order valence-corrected chi connectivity index (χ2v) is 7.86. The van der Waals surface area contributed by atoms with Gasteiger partial charge in [0.25, 0.3) is 0 Å².